The first-order chi connectivity index (χ1) is 8.06. The maximum Gasteiger partial charge on any atom is 0.326 e. The van der Waals surface area contributed by atoms with Gasteiger partial charge in [0.2, 0.25) is 0 Å². The average Bonchev–Trinajstić information content (AvgIpc) is 2.29. The molecule has 1 atom stereocenters. The van der Waals surface area contributed by atoms with Gasteiger partial charge in [-0.2, -0.15) is 0 Å². The highest BCUT2D eigenvalue weighted by Crippen LogP contribution is 2.24. The number of nitrogens with zero attached hydrogens (tertiary/aromatic N) is 1. The van der Waals surface area contributed by atoms with Crippen molar-refractivity contribution in [1.29, 1.82) is 0 Å². The Balaban J connectivity index is 2.78. The number of halogens is 1. The number of carbonyl (C=O) groups is 1. The third-order valence-corrected chi connectivity index (χ3v) is 3.01. The molecule has 2 N–H and O–H groups in total. The van der Waals surface area contributed by atoms with Gasteiger partial charge in [-0.05, 0) is 19.4 Å². The summed E-state index contributed by atoms with van der Waals surface area (Å²) < 4.78 is 0. The highest BCUT2D eigenvalue weighted by atomic mass is 35.5. The van der Waals surface area contributed by atoms with Crippen LogP contribution in [0.1, 0.15) is 31.9 Å². The van der Waals surface area contributed by atoms with E-state index in [4.69, 9.17) is 16.7 Å². The fourth-order valence-corrected chi connectivity index (χ4v) is 1.68. The summed E-state index contributed by atoms with van der Waals surface area (Å²) in [6.45, 7) is 3.82. The van der Waals surface area contributed by atoms with Gasteiger partial charge in [0.25, 0.3) is 0 Å². The molecule has 1 heterocycles. The molecular formula is C12H17ClN2O2. The minimum absolute atomic E-state index is 0.482. The molecule has 0 saturated carbocycles. The van der Waals surface area contributed by atoms with E-state index in [0.29, 0.717) is 22.8 Å². The van der Waals surface area contributed by atoms with Gasteiger partial charge >= 0.3 is 5.97 Å². The second-order valence-corrected chi connectivity index (χ2v) is 4.31. The predicted octanol–water partition coefficient (Wildman–Crippen LogP) is 3.10. The third-order valence-electron chi connectivity index (χ3n) is 2.54. The van der Waals surface area contributed by atoms with Crippen molar-refractivity contribution in [1.82, 2.24) is 4.98 Å². The van der Waals surface area contributed by atoms with Gasteiger partial charge < -0.3 is 10.4 Å². The van der Waals surface area contributed by atoms with Crippen LogP contribution in [0.5, 0.6) is 0 Å². The van der Waals surface area contributed by atoms with Crippen LogP contribution in [0.15, 0.2) is 12.3 Å². The number of hydrogen-bond acceptors (Lipinski definition) is 3. The van der Waals surface area contributed by atoms with Crippen LogP contribution in [-0.2, 0) is 4.79 Å². The quantitative estimate of drug-likeness (QED) is 0.821. The summed E-state index contributed by atoms with van der Waals surface area (Å²) >= 11 is 6.06. The molecule has 0 aliphatic carbocycles. The first kappa shape index (κ1) is 13.8. The van der Waals surface area contributed by atoms with Crippen LogP contribution in [0.25, 0.3) is 0 Å². The third kappa shape index (κ3) is 3.89. The van der Waals surface area contributed by atoms with Crippen LogP contribution in [0.4, 0.5) is 5.69 Å². The largest absolute Gasteiger partial charge is 0.480 e. The molecule has 0 amide bonds. The zero-order chi connectivity index (χ0) is 12.8. The lowest BCUT2D eigenvalue weighted by atomic mass is 10.1. The van der Waals surface area contributed by atoms with Gasteiger partial charge in [0.15, 0.2) is 0 Å². The zero-order valence-corrected chi connectivity index (χ0v) is 10.8. The van der Waals surface area contributed by atoms with Crippen LogP contribution < -0.4 is 5.32 Å². The first-order valence-corrected chi connectivity index (χ1v) is 6.04. The number of rotatable bonds is 6. The van der Waals surface area contributed by atoms with Gasteiger partial charge in [0, 0.05) is 6.20 Å². The number of anilines is 1. The highest BCUT2D eigenvalue weighted by Gasteiger charge is 2.17. The van der Waals surface area contributed by atoms with E-state index in [1.165, 1.54) is 0 Å². The SMILES string of the molecule is CCCC[C@H](Nc1ccnc(C)c1Cl)C(=O)O. The van der Waals surface area contributed by atoms with Crippen molar-refractivity contribution < 1.29 is 9.90 Å². The van der Waals surface area contributed by atoms with Crippen molar-refractivity contribution in [3.63, 3.8) is 0 Å². The minimum atomic E-state index is -0.857. The van der Waals surface area contributed by atoms with Crippen LogP contribution in [-0.4, -0.2) is 22.1 Å². The fraction of sp³-hybridized carbons (Fsp3) is 0.500. The van der Waals surface area contributed by atoms with E-state index in [2.05, 4.69) is 10.3 Å². The summed E-state index contributed by atoms with van der Waals surface area (Å²) in [7, 11) is 0. The van der Waals surface area contributed by atoms with Crippen molar-refractivity contribution in [2.75, 3.05) is 5.32 Å². The Bertz CT molecular complexity index is 396. The van der Waals surface area contributed by atoms with Crippen molar-refractivity contribution >= 4 is 23.3 Å². The van der Waals surface area contributed by atoms with Crippen LogP contribution in [0, 0.1) is 6.92 Å². The number of aryl methyl sites for hydroxylation is 1. The van der Waals surface area contributed by atoms with E-state index in [-0.39, 0.29) is 0 Å². The summed E-state index contributed by atoms with van der Waals surface area (Å²) in [5, 5.41) is 12.5. The molecule has 0 aromatic carbocycles. The molecule has 0 radical (unpaired) electrons. The first-order valence-electron chi connectivity index (χ1n) is 5.66. The van der Waals surface area contributed by atoms with Crippen LogP contribution in [0.2, 0.25) is 5.02 Å². The fourth-order valence-electron chi connectivity index (χ4n) is 1.51. The summed E-state index contributed by atoms with van der Waals surface area (Å²) in [6, 6.07) is 1.09. The van der Waals surface area contributed by atoms with Crippen molar-refractivity contribution in [2.45, 2.75) is 39.2 Å². The minimum Gasteiger partial charge on any atom is -0.480 e. The molecule has 0 spiro atoms. The van der Waals surface area contributed by atoms with E-state index in [1.807, 2.05) is 6.92 Å². The number of pyridine rings is 1. The van der Waals surface area contributed by atoms with Crippen molar-refractivity contribution in [3.05, 3.63) is 23.0 Å². The van der Waals surface area contributed by atoms with Gasteiger partial charge in [-0.1, -0.05) is 31.4 Å². The molecule has 1 rings (SSSR count). The topological polar surface area (TPSA) is 62.2 Å². The van der Waals surface area contributed by atoms with Gasteiger partial charge in [-0.15, -0.1) is 0 Å². The standard InChI is InChI=1S/C12H17ClN2O2/c1-3-4-5-10(12(16)17)15-9-6-7-14-8(2)11(9)13/h6-7,10H,3-5H2,1-2H3,(H,14,15)(H,16,17)/t10-/m0/s1. The molecule has 17 heavy (non-hydrogen) atoms. The number of carboxylic acid groups (broad SMARTS) is 1. The Morgan fingerprint density at radius 3 is 2.94 bits per heavy atom. The maximum atomic E-state index is 11.1. The Hall–Kier alpha value is -1.29. The second-order valence-electron chi connectivity index (χ2n) is 3.94. The molecule has 0 aliphatic rings. The Morgan fingerprint density at radius 2 is 2.35 bits per heavy atom. The lowest BCUT2D eigenvalue weighted by Gasteiger charge is -2.16. The van der Waals surface area contributed by atoms with Crippen molar-refractivity contribution in [3.8, 4) is 0 Å². The number of unbranched alkanes of at least 4 members (excludes halogenated alkanes) is 1. The summed E-state index contributed by atoms with van der Waals surface area (Å²) in [4.78, 5) is 15.1. The van der Waals surface area contributed by atoms with Gasteiger partial charge in [-0.25, -0.2) is 4.79 Å². The molecule has 0 saturated heterocycles. The van der Waals surface area contributed by atoms with Crippen LogP contribution >= 0.6 is 11.6 Å². The summed E-state index contributed by atoms with van der Waals surface area (Å²) in [5.41, 5.74) is 1.32. The Kier molecular flexibility index (Phi) is 5.22. The molecule has 4 nitrogen and oxygen atoms in total. The molecule has 5 heteroatoms. The van der Waals surface area contributed by atoms with Crippen LogP contribution in [0.3, 0.4) is 0 Å². The molecule has 0 bridgehead atoms. The molecule has 1 aromatic heterocycles. The molecular weight excluding hydrogens is 240 g/mol. The number of nitrogens with one attached hydrogen (secondary N) is 1. The van der Waals surface area contributed by atoms with Gasteiger partial charge in [0.1, 0.15) is 6.04 Å². The number of hydrogen-bond donors (Lipinski definition) is 2. The number of carboxylic acids is 1. The monoisotopic (exact) mass is 256 g/mol. The lowest BCUT2D eigenvalue weighted by molar-refractivity contribution is -0.138. The number of aliphatic carboxylic acids is 1. The highest BCUT2D eigenvalue weighted by molar-refractivity contribution is 6.33. The van der Waals surface area contributed by atoms with E-state index < -0.39 is 12.0 Å². The molecule has 1 aromatic rings. The summed E-state index contributed by atoms with van der Waals surface area (Å²) in [5.74, 6) is -0.857. The second kappa shape index (κ2) is 6.45. The van der Waals surface area contributed by atoms with Crippen molar-refractivity contribution in [2.24, 2.45) is 0 Å². The Labute approximate surface area is 106 Å². The maximum absolute atomic E-state index is 11.1. The summed E-state index contributed by atoms with van der Waals surface area (Å²) in [6.07, 6.45) is 4.03. The molecule has 0 aliphatic heterocycles. The van der Waals surface area contributed by atoms with E-state index >= 15 is 0 Å². The molecule has 0 fully saturated rings. The predicted molar refractivity (Wildman–Crippen MR) is 68.6 cm³/mol. The Morgan fingerprint density at radius 1 is 1.65 bits per heavy atom. The van der Waals surface area contributed by atoms with E-state index in [0.717, 1.165) is 12.8 Å². The molecule has 0 unspecified atom stereocenters. The lowest BCUT2D eigenvalue weighted by Crippen LogP contribution is -2.29. The zero-order valence-electron chi connectivity index (χ0n) is 10.0. The molecule has 94 valence electrons. The van der Waals surface area contributed by atoms with E-state index in [9.17, 15) is 4.79 Å². The van der Waals surface area contributed by atoms with E-state index in [1.54, 1.807) is 19.2 Å². The van der Waals surface area contributed by atoms with Gasteiger partial charge in [-0.3, -0.25) is 4.98 Å². The normalized spacial score (nSPS) is 12.2. The average molecular weight is 257 g/mol. The van der Waals surface area contributed by atoms with Gasteiger partial charge in [0.05, 0.1) is 16.4 Å². The smallest absolute Gasteiger partial charge is 0.326 e. The number of aromatic nitrogens is 1.